The van der Waals surface area contributed by atoms with Crippen molar-refractivity contribution in [1.29, 1.82) is 0 Å². The molecule has 3 aliphatic rings. The van der Waals surface area contributed by atoms with Crippen LogP contribution >= 0.6 is 0 Å². The monoisotopic (exact) mass is 791 g/mol. The molecule has 1 N–H and O–H groups in total. The summed E-state index contributed by atoms with van der Waals surface area (Å²) in [6, 6.07) is 38.6. The normalized spacial score (nSPS) is 21.1. The van der Waals surface area contributed by atoms with Crippen LogP contribution in [-0.2, 0) is 28.1 Å². The van der Waals surface area contributed by atoms with Gasteiger partial charge in [0.2, 0.25) is 0 Å². The van der Waals surface area contributed by atoms with Crippen molar-refractivity contribution in [2.45, 2.75) is 56.7 Å². The van der Waals surface area contributed by atoms with Gasteiger partial charge in [-0.2, -0.15) is 0 Å². The Bertz CT molecular complexity index is 2510. The third-order valence-electron chi connectivity index (χ3n) is 12.2. The van der Waals surface area contributed by atoms with Crippen LogP contribution in [-0.4, -0.2) is 59.8 Å². The quantitative estimate of drug-likeness (QED) is 0.139. The summed E-state index contributed by atoms with van der Waals surface area (Å²) in [6.45, 7) is 7.38. The van der Waals surface area contributed by atoms with Crippen molar-refractivity contribution in [3.05, 3.63) is 144 Å². The summed E-state index contributed by atoms with van der Waals surface area (Å²) in [7, 11) is -0.794. The highest BCUT2D eigenvalue weighted by Gasteiger charge is 2.66. The Morgan fingerprint density at radius 3 is 2.31 bits per heavy atom. The van der Waals surface area contributed by atoms with Crippen molar-refractivity contribution >= 4 is 47.8 Å². The van der Waals surface area contributed by atoms with Gasteiger partial charge in [0, 0.05) is 48.6 Å². The van der Waals surface area contributed by atoms with Gasteiger partial charge in [0.25, 0.3) is 11.8 Å². The van der Waals surface area contributed by atoms with Crippen molar-refractivity contribution in [3.63, 3.8) is 0 Å². The van der Waals surface area contributed by atoms with Crippen molar-refractivity contribution in [1.82, 2.24) is 15.0 Å². The number of fused-ring (bicyclic) bond motifs is 4. The van der Waals surface area contributed by atoms with Crippen LogP contribution in [0.4, 0.5) is 22.7 Å². The molecule has 0 bridgehead atoms. The van der Waals surface area contributed by atoms with Gasteiger partial charge in [-0.1, -0.05) is 85.0 Å². The number of hydrogen-bond acceptors (Lipinski definition) is 8. The van der Waals surface area contributed by atoms with E-state index >= 15 is 4.79 Å². The second-order valence-corrected chi connectivity index (χ2v) is 20.5. The number of aliphatic hydroxyl groups excluding tert-OH is 1. The molecular formula is C46H45N5O6Si. The summed E-state index contributed by atoms with van der Waals surface area (Å²) in [4.78, 5) is 33.7. The number of anilines is 4. The van der Waals surface area contributed by atoms with E-state index in [1.54, 1.807) is 33.7 Å². The summed E-state index contributed by atoms with van der Waals surface area (Å²) < 4.78 is 21.1. The van der Waals surface area contributed by atoms with E-state index in [1.165, 1.54) is 5.19 Å². The number of carbonyl (C=O) groups is 2. The summed E-state index contributed by atoms with van der Waals surface area (Å²) in [5.74, 6) is 1.12. The molecule has 1 aromatic heterocycles. The minimum absolute atomic E-state index is 0.0102. The molecule has 5 aromatic carbocycles. The fourth-order valence-corrected chi connectivity index (χ4v) is 13.5. The third-order valence-corrected chi connectivity index (χ3v) is 16.6. The van der Waals surface area contributed by atoms with Gasteiger partial charge in [-0.05, 0) is 78.7 Å². The van der Waals surface area contributed by atoms with Crippen LogP contribution in [0.1, 0.15) is 35.0 Å². The minimum Gasteiger partial charge on any atom is -0.497 e. The van der Waals surface area contributed by atoms with Crippen molar-refractivity contribution < 1.29 is 28.9 Å². The molecule has 0 radical (unpaired) electrons. The van der Waals surface area contributed by atoms with E-state index < -0.39 is 13.7 Å². The molecule has 11 nitrogen and oxygen atoms in total. The molecular weight excluding hydrogens is 747 g/mol. The first kappa shape index (κ1) is 37.5. The number of nitrogens with zero attached hydrogens (tertiary/aromatic N) is 5. The van der Waals surface area contributed by atoms with Crippen LogP contribution < -0.4 is 24.5 Å². The number of benzene rings is 5. The predicted octanol–water partition coefficient (Wildman–Crippen LogP) is 7.89. The number of ether oxygens (including phenoxy) is 3. The first-order chi connectivity index (χ1) is 28.1. The van der Waals surface area contributed by atoms with E-state index in [0.717, 1.165) is 11.4 Å². The average molecular weight is 792 g/mol. The maximum Gasteiger partial charge on any atom is 0.268 e. The van der Waals surface area contributed by atoms with Crippen LogP contribution in [0.3, 0.4) is 0 Å². The molecule has 1 fully saturated rings. The molecule has 12 heteroatoms. The molecule has 58 heavy (non-hydrogen) atoms. The Balaban J connectivity index is 1.21. The molecule has 2 amide bonds. The fraction of sp³-hybridized carbons (Fsp3) is 0.261. The highest BCUT2D eigenvalue weighted by Crippen LogP contribution is 2.62. The number of aliphatic hydroxyl groups is 1. The number of aryl methyl sites for hydroxylation is 1. The Kier molecular flexibility index (Phi) is 9.50. The summed E-state index contributed by atoms with van der Waals surface area (Å²) in [6.07, 6.45) is 2.51. The number of amides is 2. The van der Waals surface area contributed by atoms with E-state index in [9.17, 15) is 9.90 Å². The number of rotatable bonds is 10. The number of para-hydroxylation sites is 4. The number of aromatic nitrogens is 3. The third kappa shape index (κ3) is 6.02. The highest BCUT2D eigenvalue weighted by atomic mass is 28.3. The largest absolute Gasteiger partial charge is 0.497 e. The van der Waals surface area contributed by atoms with Gasteiger partial charge in [-0.15, -0.1) is 5.10 Å². The van der Waals surface area contributed by atoms with Gasteiger partial charge < -0.3 is 19.3 Å². The van der Waals surface area contributed by atoms with Crippen LogP contribution in [0, 0.1) is 5.92 Å². The number of methoxy groups -OCH3 is 1. The average Bonchev–Trinajstić information content (AvgIpc) is 3.87. The number of hydrogen-bond donors (Lipinski definition) is 1. The second-order valence-electron chi connectivity index (χ2n) is 15.8. The SMILES string of the molecule is COc1ccc([Si](C)(C)[C@@H]2[C@@H](CCn3cc(CCO)nn3)O[C@]3(C(=O)N(c4ccccc4)c4ccc(N5C(=O)c6ccccc6Oc6ccccc65)cc43)[C@H]2C)cc1. The lowest BCUT2D eigenvalue weighted by Gasteiger charge is -2.37. The lowest BCUT2D eigenvalue weighted by Crippen LogP contribution is -2.51. The molecule has 3 aliphatic heterocycles. The maximum absolute atomic E-state index is 15.6. The second kappa shape index (κ2) is 14.7. The Morgan fingerprint density at radius 1 is 0.828 bits per heavy atom. The van der Waals surface area contributed by atoms with Crippen molar-refractivity contribution in [2.24, 2.45) is 5.92 Å². The molecule has 1 saturated heterocycles. The topological polar surface area (TPSA) is 119 Å². The molecule has 4 atom stereocenters. The van der Waals surface area contributed by atoms with Crippen LogP contribution in [0.2, 0.25) is 18.6 Å². The van der Waals surface area contributed by atoms with Gasteiger partial charge in [0.15, 0.2) is 11.4 Å². The Morgan fingerprint density at radius 2 is 1.55 bits per heavy atom. The maximum atomic E-state index is 15.6. The lowest BCUT2D eigenvalue weighted by molar-refractivity contribution is -0.145. The van der Waals surface area contributed by atoms with E-state index in [0.29, 0.717) is 64.8 Å². The summed E-state index contributed by atoms with van der Waals surface area (Å²) >= 11 is 0. The van der Waals surface area contributed by atoms with Gasteiger partial charge in [-0.3, -0.25) is 24.1 Å². The van der Waals surface area contributed by atoms with Crippen LogP contribution in [0.25, 0.3) is 0 Å². The lowest BCUT2D eigenvalue weighted by atomic mass is 9.82. The van der Waals surface area contributed by atoms with Crippen molar-refractivity contribution in [3.8, 4) is 17.2 Å². The molecule has 4 heterocycles. The van der Waals surface area contributed by atoms with Gasteiger partial charge >= 0.3 is 0 Å². The smallest absolute Gasteiger partial charge is 0.268 e. The fourth-order valence-electron chi connectivity index (χ4n) is 9.47. The molecule has 294 valence electrons. The molecule has 0 saturated carbocycles. The first-order valence-corrected chi connectivity index (χ1v) is 22.8. The molecule has 1 spiro atoms. The Hall–Kier alpha value is -6.08. The zero-order valence-corrected chi connectivity index (χ0v) is 33.9. The molecule has 0 aliphatic carbocycles. The zero-order chi connectivity index (χ0) is 40.2. The summed E-state index contributed by atoms with van der Waals surface area (Å²) in [5, 5.41) is 19.4. The van der Waals surface area contributed by atoms with Crippen molar-refractivity contribution in [2.75, 3.05) is 23.5 Å². The Labute approximate surface area is 338 Å². The van der Waals surface area contributed by atoms with Gasteiger partial charge in [-0.25, -0.2) is 0 Å². The predicted molar refractivity (Wildman–Crippen MR) is 224 cm³/mol. The van der Waals surface area contributed by atoms with E-state index in [1.807, 2.05) is 103 Å². The molecule has 6 aromatic rings. The molecule has 9 rings (SSSR count). The molecule has 0 unspecified atom stereocenters. The van der Waals surface area contributed by atoms with Gasteiger partial charge in [0.05, 0.1) is 43.9 Å². The van der Waals surface area contributed by atoms with E-state index in [2.05, 4.69) is 42.5 Å². The van der Waals surface area contributed by atoms with E-state index in [4.69, 9.17) is 14.2 Å². The standard InChI is InChI=1S/C46H45N5O6Si/c1-30-43(58(3,4)35-21-19-34(55-2)20-22-35)42(24-26-49-29-31(25-27-52)47-48-49)57-46(30)37-28-33(18-23-38(37)51(45(46)54)32-12-6-5-7-13-32)50-39-15-9-11-17-41(39)56-40-16-10-8-14-36(40)44(50)53/h5-23,28-30,42-43,52H,24-27H2,1-4H3/t30-,42+,43-,46+/m0/s1. The highest BCUT2D eigenvalue weighted by molar-refractivity contribution is 6.91. The zero-order valence-electron chi connectivity index (χ0n) is 32.9. The summed E-state index contributed by atoms with van der Waals surface area (Å²) in [5.41, 5.74) is 3.09. The van der Waals surface area contributed by atoms with E-state index in [-0.39, 0.29) is 36.0 Å². The van der Waals surface area contributed by atoms with Gasteiger partial charge in [0.1, 0.15) is 11.5 Å². The first-order valence-electron chi connectivity index (χ1n) is 19.7. The number of carbonyl (C=O) groups excluding carboxylic acids is 2. The van der Waals surface area contributed by atoms with Crippen LogP contribution in [0.15, 0.2) is 128 Å². The van der Waals surface area contributed by atoms with Crippen LogP contribution in [0.5, 0.6) is 17.2 Å². The minimum atomic E-state index is -2.46.